The molecule has 2 aliphatic carbocycles. The molecule has 0 radical (unpaired) electrons. The maximum Gasteiger partial charge on any atom is 0.0406 e. The highest BCUT2D eigenvalue weighted by Crippen LogP contribution is 2.45. The monoisotopic (exact) mass is 346 g/mol. The van der Waals surface area contributed by atoms with Crippen molar-refractivity contribution in [2.24, 2.45) is 23.7 Å². The van der Waals surface area contributed by atoms with E-state index in [0.717, 1.165) is 28.7 Å². The van der Waals surface area contributed by atoms with Crippen LogP contribution in [0.2, 0.25) is 5.02 Å². The van der Waals surface area contributed by atoms with Crippen molar-refractivity contribution >= 4 is 11.6 Å². The van der Waals surface area contributed by atoms with E-state index in [9.17, 15) is 0 Å². The highest BCUT2D eigenvalue weighted by atomic mass is 35.5. The maximum absolute atomic E-state index is 6.04. The average Bonchev–Trinajstić information content (AvgIpc) is 2.63. The summed E-state index contributed by atoms with van der Waals surface area (Å²) in [5, 5.41) is 0.855. The van der Waals surface area contributed by atoms with Crippen molar-refractivity contribution in [2.45, 2.75) is 84.0 Å². The maximum atomic E-state index is 6.04. The van der Waals surface area contributed by atoms with Crippen LogP contribution >= 0.6 is 11.6 Å². The van der Waals surface area contributed by atoms with Gasteiger partial charge in [-0.05, 0) is 85.8 Å². The highest BCUT2D eigenvalue weighted by molar-refractivity contribution is 6.30. The second kappa shape index (κ2) is 8.75. The lowest BCUT2D eigenvalue weighted by Crippen LogP contribution is -2.27. The summed E-state index contributed by atoms with van der Waals surface area (Å²) in [5.74, 6) is 4.68. The van der Waals surface area contributed by atoms with Gasteiger partial charge in [0.1, 0.15) is 0 Å². The van der Waals surface area contributed by atoms with Crippen LogP contribution in [0.5, 0.6) is 0 Å². The molecule has 0 spiro atoms. The lowest BCUT2D eigenvalue weighted by atomic mass is 9.66. The van der Waals surface area contributed by atoms with Gasteiger partial charge in [-0.2, -0.15) is 0 Å². The molecular weight excluding hydrogens is 312 g/mol. The summed E-state index contributed by atoms with van der Waals surface area (Å²) in [6.45, 7) is 4.76. The first kappa shape index (κ1) is 18.3. The SMILES string of the molecule is CCCC1CCC(C2CCC(C(C)c3ccc(Cl)cc3)CC2)CC1. The number of benzene rings is 1. The third-order valence-corrected chi connectivity index (χ3v) is 7.43. The number of rotatable bonds is 5. The van der Waals surface area contributed by atoms with Crippen LogP contribution in [0.15, 0.2) is 24.3 Å². The van der Waals surface area contributed by atoms with E-state index < -0.39 is 0 Å². The van der Waals surface area contributed by atoms with Crippen LogP contribution in [0.4, 0.5) is 0 Å². The first-order chi connectivity index (χ1) is 11.7. The summed E-state index contributed by atoms with van der Waals surface area (Å²) >= 11 is 6.04. The van der Waals surface area contributed by atoms with E-state index in [2.05, 4.69) is 26.0 Å². The molecule has 1 unspecified atom stereocenters. The molecule has 2 fully saturated rings. The molecule has 1 aromatic carbocycles. The first-order valence-corrected chi connectivity index (χ1v) is 10.8. The Morgan fingerprint density at radius 3 is 1.96 bits per heavy atom. The molecule has 0 amide bonds. The van der Waals surface area contributed by atoms with E-state index in [1.54, 1.807) is 0 Å². The molecule has 3 rings (SSSR count). The standard InChI is InChI=1S/C23H35Cl/c1-3-4-18-5-7-21(8-6-18)22-11-9-19(10-12-22)17(2)20-13-15-23(24)16-14-20/h13-19,21-22H,3-12H2,1-2H3. The van der Waals surface area contributed by atoms with Crippen LogP contribution in [0.25, 0.3) is 0 Å². The molecular formula is C23H35Cl. The summed E-state index contributed by atoms with van der Waals surface area (Å²) in [7, 11) is 0. The number of halogens is 1. The predicted octanol–water partition coefficient (Wildman–Crippen LogP) is 7.86. The van der Waals surface area contributed by atoms with Crippen LogP contribution in [0.1, 0.15) is 89.5 Å². The molecule has 2 saturated carbocycles. The van der Waals surface area contributed by atoms with Gasteiger partial charge >= 0.3 is 0 Å². The van der Waals surface area contributed by atoms with Crippen LogP contribution in [-0.4, -0.2) is 0 Å². The minimum absolute atomic E-state index is 0.684. The van der Waals surface area contributed by atoms with Crippen LogP contribution in [0, 0.1) is 23.7 Å². The third kappa shape index (κ3) is 4.57. The Morgan fingerprint density at radius 2 is 1.42 bits per heavy atom. The second-order valence-electron chi connectivity index (χ2n) is 8.58. The van der Waals surface area contributed by atoms with Crippen molar-refractivity contribution in [3.63, 3.8) is 0 Å². The first-order valence-electron chi connectivity index (χ1n) is 10.4. The molecule has 24 heavy (non-hydrogen) atoms. The minimum atomic E-state index is 0.684. The molecule has 0 bridgehead atoms. The van der Waals surface area contributed by atoms with Gasteiger partial charge in [0.05, 0.1) is 0 Å². The summed E-state index contributed by atoms with van der Waals surface area (Å²) in [5.41, 5.74) is 1.47. The summed E-state index contributed by atoms with van der Waals surface area (Å²) in [6.07, 6.45) is 14.7. The van der Waals surface area contributed by atoms with E-state index in [1.165, 1.54) is 69.8 Å². The molecule has 0 saturated heterocycles. The fraction of sp³-hybridized carbons (Fsp3) is 0.739. The van der Waals surface area contributed by atoms with E-state index in [-0.39, 0.29) is 0 Å². The van der Waals surface area contributed by atoms with Gasteiger partial charge in [0.2, 0.25) is 0 Å². The van der Waals surface area contributed by atoms with Crippen LogP contribution in [0.3, 0.4) is 0 Å². The zero-order valence-electron chi connectivity index (χ0n) is 15.6. The molecule has 1 heteroatoms. The second-order valence-corrected chi connectivity index (χ2v) is 9.02. The fourth-order valence-electron chi connectivity index (χ4n) is 5.51. The fourth-order valence-corrected chi connectivity index (χ4v) is 5.64. The van der Waals surface area contributed by atoms with Gasteiger partial charge in [0.25, 0.3) is 0 Å². The highest BCUT2D eigenvalue weighted by Gasteiger charge is 2.32. The summed E-state index contributed by atoms with van der Waals surface area (Å²) in [4.78, 5) is 0. The zero-order valence-corrected chi connectivity index (χ0v) is 16.4. The van der Waals surface area contributed by atoms with Gasteiger partial charge in [-0.1, -0.05) is 63.3 Å². The lowest BCUT2D eigenvalue weighted by Gasteiger charge is -2.39. The number of hydrogen-bond donors (Lipinski definition) is 0. The molecule has 2 aliphatic rings. The smallest absolute Gasteiger partial charge is 0.0406 e. The zero-order chi connectivity index (χ0) is 16.9. The molecule has 134 valence electrons. The Hall–Kier alpha value is -0.490. The minimum Gasteiger partial charge on any atom is -0.0843 e. The number of hydrogen-bond acceptors (Lipinski definition) is 0. The Balaban J connectivity index is 1.46. The molecule has 1 aromatic rings. The van der Waals surface area contributed by atoms with Gasteiger partial charge in [0, 0.05) is 5.02 Å². The van der Waals surface area contributed by atoms with Crippen LogP contribution in [-0.2, 0) is 0 Å². The molecule has 0 aliphatic heterocycles. The van der Waals surface area contributed by atoms with E-state index in [1.807, 2.05) is 12.1 Å². The average molecular weight is 347 g/mol. The molecule has 0 nitrogen and oxygen atoms in total. The van der Waals surface area contributed by atoms with E-state index >= 15 is 0 Å². The largest absolute Gasteiger partial charge is 0.0843 e. The lowest BCUT2D eigenvalue weighted by molar-refractivity contribution is 0.137. The van der Waals surface area contributed by atoms with E-state index in [0.29, 0.717) is 5.92 Å². The quantitative estimate of drug-likeness (QED) is 0.509. The Labute approximate surface area is 154 Å². The molecule has 0 N–H and O–H groups in total. The topological polar surface area (TPSA) is 0 Å². The summed E-state index contributed by atoms with van der Waals surface area (Å²) in [6, 6.07) is 8.56. The molecule has 0 heterocycles. The van der Waals surface area contributed by atoms with Crippen molar-refractivity contribution in [3.8, 4) is 0 Å². The van der Waals surface area contributed by atoms with Gasteiger partial charge in [-0.15, -0.1) is 0 Å². The van der Waals surface area contributed by atoms with Crippen molar-refractivity contribution in [2.75, 3.05) is 0 Å². The Bertz CT molecular complexity index is 475. The molecule has 1 atom stereocenters. The van der Waals surface area contributed by atoms with Gasteiger partial charge in [0.15, 0.2) is 0 Å². The third-order valence-electron chi connectivity index (χ3n) is 7.17. The van der Waals surface area contributed by atoms with Crippen molar-refractivity contribution in [1.82, 2.24) is 0 Å². The van der Waals surface area contributed by atoms with Crippen molar-refractivity contribution < 1.29 is 0 Å². The Morgan fingerprint density at radius 1 is 0.875 bits per heavy atom. The van der Waals surface area contributed by atoms with Gasteiger partial charge in [-0.25, -0.2) is 0 Å². The van der Waals surface area contributed by atoms with E-state index in [4.69, 9.17) is 11.6 Å². The van der Waals surface area contributed by atoms with Crippen molar-refractivity contribution in [1.29, 1.82) is 0 Å². The van der Waals surface area contributed by atoms with Crippen molar-refractivity contribution in [3.05, 3.63) is 34.9 Å². The van der Waals surface area contributed by atoms with Gasteiger partial charge in [-0.3, -0.25) is 0 Å². The van der Waals surface area contributed by atoms with Gasteiger partial charge < -0.3 is 0 Å². The normalized spacial score (nSPS) is 32.5. The molecule has 0 aromatic heterocycles. The van der Waals surface area contributed by atoms with Crippen LogP contribution < -0.4 is 0 Å². The Kier molecular flexibility index (Phi) is 6.67. The summed E-state index contributed by atoms with van der Waals surface area (Å²) < 4.78 is 0. The predicted molar refractivity (Wildman–Crippen MR) is 106 cm³/mol.